The summed E-state index contributed by atoms with van der Waals surface area (Å²) in [6.07, 6.45) is 13.4. The standard InChI is InChI=1S/C18H29N/c19-15-7-2-1-4-8-16-11-13-18(14-12-16)17-9-5-3-6-10-17/h11-14,17H,1-10,15,19H2. The summed E-state index contributed by atoms with van der Waals surface area (Å²) in [6, 6.07) is 9.47. The Bertz CT molecular complexity index is 335. The van der Waals surface area contributed by atoms with Crippen LogP contribution >= 0.6 is 0 Å². The molecule has 0 radical (unpaired) electrons. The lowest BCUT2D eigenvalue weighted by atomic mass is 9.84. The van der Waals surface area contributed by atoms with Crippen LogP contribution in [0.3, 0.4) is 0 Å². The second kappa shape index (κ2) is 8.37. The lowest BCUT2D eigenvalue weighted by Gasteiger charge is -2.22. The molecule has 1 heteroatoms. The van der Waals surface area contributed by atoms with Crippen LogP contribution in [-0.4, -0.2) is 6.54 Å². The van der Waals surface area contributed by atoms with Crippen LogP contribution in [0.25, 0.3) is 0 Å². The van der Waals surface area contributed by atoms with Gasteiger partial charge in [-0.1, -0.05) is 56.4 Å². The molecule has 1 aromatic rings. The Morgan fingerprint density at radius 2 is 1.53 bits per heavy atom. The maximum atomic E-state index is 5.51. The van der Waals surface area contributed by atoms with Gasteiger partial charge in [-0.25, -0.2) is 0 Å². The molecule has 0 bridgehead atoms. The highest BCUT2D eigenvalue weighted by atomic mass is 14.5. The van der Waals surface area contributed by atoms with Gasteiger partial charge in [-0.2, -0.15) is 0 Å². The number of aryl methyl sites for hydroxylation is 1. The normalized spacial score (nSPS) is 16.7. The SMILES string of the molecule is NCCCCCCc1ccc(C2CCCCC2)cc1. The summed E-state index contributed by atoms with van der Waals surface area (Å²) in [5, 5.41) is 0. The van der Waals surface area contributed by atoms with Crippen LogP contribution in [0.15, 0.2) is 24.3 Å². The van der Waals surface area contributed by atoms with E-state index >= 15 is 0 Å². The number of benzene rings is 1. The fraction of sp³-hybridized carbons (Fsp3) is 0.667. The monoisotopic (exact) mass is 259 g/mol. The average molecular weight is 259 g/mol. The van der Waals surface area contributed by atoms with Crippen molar-refractivity contribution >= 4 is 0 Å². The number of hydrogen-bond acceptors (Lipinski definition) is 1. The Balaban J connectivity index is 1.74. The van der Waals surface area contributed by atoms with Crippen LogP contribution in [-0.2, 0) is 6.42 Å². The Morgan fingerprint density at radius 3 is 2.21 bits per heavy atom. The molecule has 1 aliphatic rings. The molecule has 1 saturated carbocycles. The Morgan fingerprint density at radius 1 is 0.842 bits per heavy atom. The molecule has 0 aliphatic heterocycles. The molecule has 19 heavy (non-hydrogen) atoms. The molecule has 0 atom stereocenters. The largest absolute Gasteiger partial charge is 0.330 e. The molecule has 0 saturated heterocycles. The van der Waals surface area contributed by atoms with Gasteiger partial charge in [0.15, 0.2) is 0 Å². The van der Waals surface area contributed by atoms with Crippen molar-refractivity contribution in [2.75, 3.05) is 6.54 Å². The summed E-state index contributed by atoms with van der Waals surface area (Å²) in [4.78, 5) is 0. The van der Waals surface area contributed by atoms with Gasteiger partial charge in [0, 0.05) is 0 Å². The van der Waals surface area contributed by atoms with Crippen molar-refractivity contribution in [3.8, 4) is 0 Å². The second-order valence-electron chi connectivity index (χ2n) is 6.03. The van der Waals surface area contributed by atoms with Crippen molar-refractivity contribution in [2.45, 2.75) is 70.1 Å². The third kappa shape index (κ3) is 4.99. The maximum Gasteiger partial charge on any atom is -0.00773 e. The third-order valence-electron chi connectivity index (χ3n) is 4.48. The topological polar surface area (TPSA) is 26.0 Å². The minimum atomic E-state index is 0.840. The van der Waals surface area contributed by atoms with Gasteiger partial charge in [0.25, 0.3) is 0 Å². The van der Waals surface area contributed by atoms with Crippen molar-refractivity contribution in [3.05, 3.63) is 35.4 Å². The predicted octanol–water partition coefficient (Wildman–Crippen LogP) is 4.80. The molecule has 0 heterocycles. The van der Waals surface area contributed by atoms with Crippen molar-refractivity contribution in [2.24, 2.45) is 5.73 Å². The van der Waals surface area contributed by atoms with Crippen molar-refractivity contribution in [3.63, 3.8) is 0 Å². The van der Waals surface area contributed by atoms with E-state index in [1.165, 1.54) is 69.8 Å². The zero-order valence-corrected chi connectivity index (χ0v) is 12.2. The van der Waals surface area contributed by atoms with Crippen LogP contribution < -0.4 is 5.73 Å². The predicted molar refractivity (Wildman–Crippen MR) is 83.5 cm³/mol. The van der Waals surface area contributed by atoms with Gasteiger partial charge in [0.05, 0.1) is 0 Å². The van der Waals surface area contributed by atoms with Gasteiger partial charge in [0.2, 0.25) is 0 Å². The van der Waals surface area contributed by atoms with Gasteiger partial charge < -0.3 is 5.73 Å². The van der Waals surface area contributed by atoms with E-state index in [9.17, 15) is 0 Å². The highest BCUT2D eigenvalue weighted by molar-refractivity contribution is 5.25. The van der Waals surface area contributed by atoms with Crippen LogP contribution in [0.1, 0.15) is 74.8 Å². The lowest BCUT2D eigenvalue weighted by Crippen LogP contribution is -2.04. The third-order valence-corrected chi connectivity index (χ3v) is 4.48. The van der Waals surface area contributed by atoms with E-state index in [2.05, 4.69) is 24.3 Å². The van der Waals surface area contributed by atoms with Gasteiger partial charge in [-0.15, -0.1) is 0 Å². The Kier molecular flexibility index (Phi) is 6.43. The molecular formula is C18H29N. The highest BCUT2D eigenvalue weighted by Crippen LogP contribution is 2.32. The molecule has 1 nitrogen and oxygen atoms in total. The van der Waals surface area contributed by atoms with Crippen molar-refractivity contribution in [1.82, 2.24) is 0 Å². The Labute approximate surface area is 118 Å². The van der Waals surface area contributed by atoms with Crippen LogP contribution in [0.5, 0.6) is 0 Å². The summed E-state index contributed by atoms with van der Waals surface area (Å²) >= 11 is 0. The summed E-state index contributed by atoms with van der Waals surface area (Å²) in [7, 11) is 0. The van der Waals surface area contributed by atoms with E-state index in [1.807, 2.05) is 0 Å². The van der Waals surface area contributed by atoms with E-state index in [0.29, 0.717) is 0 Å². The molecule has 1 aliphatic carbocycles. The zero-order chi connectivity index (χ0) is 13.3. The molecule has 0 aromatic heterocycles. The van der Waals surface area contributed by atoms with Crippen molar-refractivity contribution in [1.29, 1.82) is 0 Å². The summed E-state index contributed by atoms with van der Waals surface area (Å²) in [5.41, 5.74) is 8.59. The van der Waals surface area contributed by atoms with Crippen LogP contribution in [0, 0.1) is 0 Å². The highest BCUT2D eigenvalue weighted by Gasteiger charge is 2.14. The van der Waals surface area contributed by atoms with Gasteiger partial charge in [-0.3, -0.25) is 0 Å². The lowest BCUT2D eigenvalue weighted by molar-refractivity contribution is 0.443. The number of nitrogens with two attached hydrogens (primary N) is 1. The molecule has 0 spiro atoms. The fourth-order valence-corrected chi connectivity index (χ4v) is 3.22. The summed E-state index contributed by atoms with van der Waals surface area (Å²) < 4.78 is 0. The molecule has 2 N–H and O–H groups in total. The molecule has 1 aromatic carbocycles. The van der Waals surface area contributed by atoms with Gasteiger partial charge in [0.1, 0.15) is 0 Å². The molecule has 0 unspecified atom stereocenters. The number of unbranched alkanes of at least 4 members (excludes halogenated alkanes) is 3. The second-order valence-corrected chi connectivity index (χ2v) is 6.03. The first-order chi connectivity index (χ1) is 9.40. The Hall–Kier alpha value is -0.820. The number of hydrogen-bond donors (Lipinski definition) is 1. The smallest absolute Gasteiger partial charge is 0.00773 e. The quantitative estimate of drug-likeness (QED) is 0.700. The van der Waals surface area contributed by atoms with E-state index in [0.717, 1.165) is 12.5 Å². The van der Waals surface area contributed by atoms with E-state index in [4.69, 9.17) is 5.73 Å². The van der Waals surface area contributed by atoms with Gasteiger partial charge in [-0.05, 0) is 55.7 Å². The van der Waals surface area contributed by atoms with E-state index in [1.54, 1.807) is 5.56 Å². The average Bonchev–Trinajstić information content (AvgIpc) is 2.49. The molecular weight excluding hydrogens is 230 g/mol. The molecule has 1 fully saturated rings. The first-order valence-corrected chi connectivity index (χ1v) is 8.19. The minimum absolute atomic E-state index is 0.840. The molecule has 106 valence electrons. The van der Waals surface area contributed by atoms with Crippen molar-refractivity contribution < 1.29 is 0 Å². The maximum absolute atomic E-state index is 5.51. The molecule has 0 amide bonds. The van der Waals surface area contributed by atoms with Crippen LogP contribution in [0.4, 0.5) is 0 Å². The zero-order valence-electron chi connectivity index (χ0n) is 12.2. The number of rotatable bonds is 7. The minimum Gasteiger partial charge on any atom is -0.330 e. The van der Waals surface area contributed by atoms with E-state index < -0.39 is 0 Å². The summed E-state index contributed by atoms with van der Waals surface area (Å²) in [6.45, 7) is 0.843. The fourth-order valence-electron chi connectivity index (χ4n) is 3.22. The summed E-state index contributed by atoms with van der Waals surface area (Å²) in [5.74, 6) is 0.840. The van der Waals surface area contributed by atoms with Gasteiger partial charge >= 0.3 is 0 Å². The molecule has 2 rings (SSSR count). The first-order valence-electron chi connectivity index (χ1n) is 8.19. The first kappa shape index (κ1) is 14.6. The van der Waals surface area contributed by atoms with Crippen LogP contribution in [0.2, 0.25) is 0 Å². The van der Waals surface area contributed by atoms with E-state index in [-0.39, 0.29) is 0 Å².